The van der Waals surface area contributed by atoms with Gasteiger partial charge in [0, 0.05) is 17.0 Å². The summed E-state index contributed by atoms with van der Waals surface area (Å²) < 4.78 is 10.7. The zero-order valence-corrected chi connectivity index (χ0v) is 14.1. The molecule has 4 heteroatoms. The van der Waals surface area contributed by atoms with E-state index in [-0.39, 0.29) is 5.75 Å². The Labute approximate surface area is 149 Å². The van der Waals surface area contributed by atoms with E-state index >= 15 is 0 Å². The molecule has 1 heterocycles. The van der Waals surface area contributed by atoms with Crippen LogP contribution < -0.4 is 10.4 Å². The summed E-state index contributed by atoms with van der Waals surface area (Å²) >= 11 is 0. The van der Waals surface area contributed by atoms with E-state index < -0.39 is 5.63 Å². The summed E-state index contributed by atoms with van der Waals surface area (Å²) in [6, 6.07) is 21.8. The molecule has 4 rings (SSSR count). The first-order valence-corrected chi connectivity index (χ1v) is 8.17. The minimum atomic E-state index is -0.452. The molecule has 0 bridgehead atoms. The lowest BCUT2D eigenvalue weighted by atomic mass is 9.93. The van der Waals surface area contributed by atoms with Gasteiger partial charge in [0.1, 0.15) is 17.1 Å². The van der Waals surface area contributed by atoms with E-state index in [1.54, 1.807) is 19.2 Å². The van der Waals surface area contributed by atoms with Crippen molar-refractivity contribution < 1.29 is 14.3 Å². The molecule has 0 aliphatic carbocycles. The number of phenolic OH excluding ortho intramolecular Hbond substituents is 1. The number of methoxy groups -OCH3 is 1. The number of hydrogen-bond acceptors (Lipinski definition) is 4. The highest BCUT2D eigenvalue weighted by Gasteiger charge is 2.18. The van der Waals surface area contributed by atoms with Gasteiger partial charge in [0.2, 0.25) is 0 Å². The van der Waals surface area contributed by atoms with Crippen molar-refractivity contribution in [3.05, 3.63) is 83.2 Å². The van der Waals surface area contributed by atoms with Crippen molar-refractivity contribution in [3.63, 3.8) is 0 Å². The third-order valence-corrected chi connectivity index (χ3v) is 4.33. The Morgan fingerprint density at radius 1 is 0.846 bits per heavy atom. The third-order valence-electron chi connectivity index (χ3n) is 4.33. The van der Waals surface area contributed by atoms with Crippen LogP contribution in [0.5, 0.6) is 11.5 Å². The summed E-state index contributed by atoms with van der Waals surface area (Å²) in [5.41, 5.74) is 2.81. The minimum Gasteiger partial charge on any atom is -0.508 e. The standard InChI is InChI=1S/C22H16O4/c1-25-17-10-7-15(8-11-17)21-20(14-5-3-2-4-6-14)18-12-9-16(23)13-19(18)26-22(21)24/h2-13,23H,1H3. The Bertz CT molecular complexity index is 1130. The molecule has 4 nitrogen and oxygen atoms in total. The normalized spacial score (nSPS) is 10.8. The predicted molar refractivity (Wildman–Crippen MR) is 102 cm³/mol. The van der Waals surface area contributed by atoms with E-state index in [4.69, 9.17) is 9.15 Å². The number of hydrogen-bond donors (Lipinski definition) is 1. The lowest BCUT2D eigenvalue weighted by molar-refractivity contribution is 0.415. The zero-order valence-electron chi connectivity index (χ0n) is 14.1. The van der Waals surface area contributed by atoms with Gasteiger partial charge in [-0.1, -0.05) is 42.5 Å². The first-order valence-electron chi connectivity index (χ1n) is 8.17. The predicted octanol–water partition coefficient (Wildman–Crippen LogP) is 4.84. The molecule has 1 N–H and O–H groups in total. The molecule has 1 aromatic heterocycles. The molecule has 0 unspecified atom stereocenters. The summed E-state index contributed by atoms with van der Waals surface area (Å²) in [5.74, 6) is 0.766. The maximum absolute atomic E-state index is 12.8. The van der Waals surface area contributed by atoms with Gasteiger partial charge >= 0.3 is 5.63 Å². The second-order valence-electron chi connectivity index (χ2n) is 5.91. The summed E-state index contributed by atoms with van der Waals surface area (Å²) in [4.78, 5) is 12.8. The van der Waals surface area contributed by atoms with Crippen LogP contribution in [0.3, 0.4) is 0 Å². The molecule has 128 valence electrons. The lowest BCUT2D eigenvalue weighted by Crippen LogP contribution is -2.06. The van der Waals surface area contributed by atoms with E-state index in [2.05, 4.69) is 0 Å². The Kier molecular flexibility index (Phi) is 3.93. The van der Waals surface area contributed by atoms with E-state index in [9.17, 15) is 9.90 Å². The number of ether oxygens (including phenoxy) is 1. The van der Waals surface area contributed by atoms with E-state index in [0.717, 1.165) is 22.1 Å². The molecule has 0 saturated heterocycles. The first-order chi connectivity index (χ1) is 12.7. The van der Waals surface area contributed by atoms with Crippen LogP contribution in [-0.2, 0) is 0 Å². The van der Waals surface area contributed by atoms with Gasteiger partial charge in [-0.15, -0.1) is 0 Å². The Balaban J connectivity index is 2.10. The summed E-state index contributed by atoms with van der Waals surface area (Å²) in [6.45, 7) is 0. The molecular formula is C22H16O4. The molecule has 3 aromatic carbocycles. The van der Waals surface area contributed by atoms with Gasteiger partial charge in [-0.05, 0) is 35.4 Å². The van der Waals surface area contributed by atoms with Crippen LogP contribution >= 0.6 is 0 Å². The van der Waals surface area contributed by atoms with Crippen LogP contribution in [0.1, 0.15) is 0 Å². The van der Waals surface area contributed by atoms with Crippen molar-refractivity contribution in [1.29, 1.82) is 0 Å². The molecule has 0 radical (unpaired) electrons. The van der Waals surface area contributed by atoms with Crippen molar-refractivity contribution in [2.45, 2.75) is 0 Å². The fourth-order valence-corrected chi connectivity index (χ4v) is 3.11. The second kappa shape index (κ2) is 6.41. The zero-order chi connectivity index (χ0) is 18.1. The van der Waals surface area contributed by atoms with Crippen molar-refractivity contribution >= 4 is 11.0 Å². The molecule has 0 aliphatic heterocycles. The number of rotatable bonds is 3. The number of aromatic hydroxyl groups is 1. The van der Waals surface area contributed by atoms with Crippen molar-refractivity contribution in [3.8, 4) is 33.8 Å². The van der Waals surface area contributed by atoms with Crippen LogP contribution in [0.15, 0.2) is 82.0 Å². The smallest absolute Gasteiger partial charge is 0.344 e. The molecule has 0 amide bonds. The number of fused-ring (bicyclic) bond motifs is 1. The molecule has 0 atom stereocenters. The number of benzene rings is 3. The van der Waals surface area contributed by atoms with Crippen LogP contribution in [-0.4, -0.2) is 12.2 Å². The van der Waals surface area contributed by atoms with Crippen molar-refractivity contribution in [2.75, 3.05) is 7.11 Å². The van der Waals surface area contributed by atoms with Crippen molar-refractivity contribution in [1.82, 2.24) is 0 Å². The van der Waals surface area contributed by atoms with Crippen LogP contribution in [0.4, 0.5) is 0 Å². The third kappa shape index (κ3) is 2.71. The molecule has 0 fully saturated rings. The largest absolute Gasteiger partial charge is 0.508 e. The highest BCUT2D eigenvalue weighted by Crippen LogP contribution is 2.37. The van der Waals surface area contributed by atoms with Crippen LogP contribution in [0, 0.1) is 0 Å². The van der Waals surface area contributed by atoms with E-state index in [1.807, 2.05) is 54.6 Å². The molecule has 0 spiro atoms. The summed E-state index contributed by atoms with van der Waals surface area (Å²) in [5, 5.41) is 10.5. The highest BCUT2D eigenvalue weighted by atomic mass is 16.5. The van der Waals surface area contributed by atoms with Gasteiger partial charge in [-0.25, -0.2) is 4.79 Å². The lowest BCUT2D eigenvalue weighted by Gasteiger charge is -2.13. The Morgan fingerprint density at radius 2 is 1.54 bits per heavy atom. The van der Waals surface area contributed by atoms with Gasteiger partial charge in [-0.2, -0.15) is 0 Å². The fraction of sp³-hybridized carbons (Fsp3) is 0.0455. The fourth-order valence-electron chi connectivity index (χ4n) is 3.11. The molecule has 4 aromatic rings. The average Bonchev–Trinajstić information content (AvgIpc) is 2.67. The van der Waals surface area contributed by atoms with Gasteiger partial charge < -0.3 is 14.3 Å². The monoisotopic (exact) mass is 344 g/mol. The first kappa shape index (κ1) is 16.0. The van der Waals surface area contributed by atoms with Gasteiger partial charge in [0.05, 0.1) is 12.7 Å². The van der Waals surface area contributed by atoms with Crippen molar-refractivity contribution in [2.24, 2.45) is 0 Å². The Hall–Kier alpha value is -3.53. The van der Waals surface area contributed by atoms with Crippen LogP contribution in [0.25, 0.3) is 33.2 Å². The maximum Gasteiger partial charge on any atom is 0.344 e. The molecular weight excluding hydrogens is 328 g/mol. The SMILES string of the molecule is COc1ccc(-c2c(-c3ccccc3)c3ccc(O)cc3oc2=O)cc1. The quantitative estimate of drug-likeness (QED) is 0.540. The van der Waals surface area contributed by atoms with Gasteiger partial charge in [0.25, 0.3) is 0 Å². The summed E-state index contributed by atoms with van der Waals surface area (Å²) in [7, 11) is 1.60. The second-order valence-corrected chi connectivity index (χ2v) is 5.91. The maximum atomic E-state index is 12.8. The molecule has 0 aliphatic rings. The minimum absolute atomic E-state index is 0.0526. The number of phenols is 1. The highest BCUT2D eigenvalue weighted by molar-refractivity contribution is 6.01. The molecule has 0 saturated carbocycles. The molecule has 26 heavy (non-hydrogen) atoms. The average molecular weight is 344 g/mol. The van der Waals surface area contributed by atoms with Gasteiger partial charge in [0.15, 0.2) is 0 Å². The van der Waals surface area contributed by atoms with Gasteiger partial charge in [-0.3, -0.25) is 0 Å². The van der Waals surface area contributed by atoms with E-state index in [1.165, 1.54) is 6.07 Å². The Morgan fingerprint density at radius 3 is 2.23 bits per heavy atom. The topological polar surface area (TPSA) is 59.7 Å². The van der Waals surface area contributed by atoms with E-state index in [0.29, 0.717) is 16.9 Å². The van der Waals surface area contributed by atoms with Crippen LogP contribution in [0.2, 0.25) is 0 Å². The summed E-state index contributed by atoms with van der Waals surface area (Å²) in [6.07, 6.45) is 0.